The third-order valence-electron chi connectivity index (χ3n) is 0.618. The first-order valence-corrected chi connectivity index (χ1v) is 2.30. The smallest absolute Gasteiger partial charge is 0.129 e. The number of hydrogen-bond donors (Lipinski definition) is 0. The highest BCUT2D eigenvalue weighted by atomic mass is 32.1. The summed E-state index contributed by atoms with van der Waals surface area (Å²) in [6, 6.07) is 0. The Balaban J connectivity index is 3.55. The van der Waals surface area contributed by atoms with Crippen molar-refractivity contribution in [2.45, 2.75) is 6.92 Å². The minimum absolute atomic E-state index is 0.00926. The van der Waals surface area contributed by atoms with Gasteiger partial charge >= 0.3 is 0 Å². The van der Waals surface area contributed by atoms with E-state index in [4.69, 9.17) is 5.73 Å². The van der Waals surface area contributed by atoms with Gasteiger partial charge in [0.2, 0.25) is 0 Å². The van der Waals surface area contributed by atoms with Gasteiger partial charge in [-0.15, -0.1) is 0 Å². The van der Waals surface area contributed by atoms with E-state index in [0.29, 0.717) is 6.29 Å². The van der Waals surface area contributed by atoms with E-state index in [1.54, 1.807) is 6.92 Å². The van der Waals surface area contributed by atoms with Crippen molar-refractivity contribution in [3.63, 3.8) is 0 Å². The standard InChI is InChI=1S/C4H6NOS/c1-3(2-6)4(5)7/h2-3,5H,1H3. The Hall–Kier alpha value is -0.440. The van der Waals surface area contributed by atoms with Gasteiger partial charge in [-0.05, 0) is 6.92 Å². The van der Waals surface area contributed by atoms with Gasteiger partial charge in [-0.3, -0.25) is 5.73 Å². The van der Waals surface area contributed by atoms with Gasteiger partial charge in [0, 0.05) is 0 Å². The second-order valence-corrected chi connectivity index (χ2v) is 1.73. The van der Waals surface area contributed by atoms with Crippen LogP contribution in [0.25, 0.3) is 0 Å². The number of carbonyl (C=O) groups excluding carboxylic acids is 1. The highest BCUT2D eigenvalue weighted by Gasteiger charge is 1.99. The molecule has 0 saturated heterocycles. The zero-order chi connectivity index (χ0) is 5.86. The van der Waals surface area contributed by atoms with Gasteiger partial charge in [0.1, 0.15) is 11.3 Å². The maximum Gasteiger partial charge on any atom is 0.129 e. The summed E-state index contributed by atoms with van der Waals surface area (Å²) in [4.78, 5) is 9.75. The number of carbonyl (C=O) groups is 1. The van der Waals surface area contributed by atoms with Gasteiger partial charge in [0.15, 0.2) is 0 Å². The first-order valence-electron chi connectivity index (χ1n) is 1.89. The van der Waals surface area contributed by atoms with E-state index in [1.807, 2.05) is 0 Å². The number of aldehydes is 1. The molecule has 0 aromatic carbocycles. The van der Waals surface area contributed by atoms with Crippen molar-refractivity contribution in [1.82, 2.24) is 5.73 Å². The third-order valence-corrected chi connectivity index (χ3v) is 0.989. The summed E-state index contributed by atoms with van der Waals surface area (Å²) in [5.74, 6) is -0.380. The van der Waals surface area contributed by atoms with Crippen LogP contribution in [0, 0.1) is 5.92 Å². The lowest BCUT2D eigenvalue weighted by Crippen LogP contribution is -2.09. The molecule has 0 aromatic heterocycles. The van der Waals surface area contributed by atoms with Crippen LogP contribution in [0.2, 0.25) is 0 Å². The molecule has 0 fully saturated rings. The molecule has 0 aliphatic rings. The molecule has 3 heteroatoms. The molecule has 0 rings (SSSR count). The second kappa shape index (κ2) is 2.69. The van der Waals surface area contributed by atoms with Crippen molar-refractivity contribution in [3.8, 4) is 0 Å². The van der Waals surface area contributed by atoms with Crippen LogP contribution in [0.5, 0.6) is 0 Å². The lowest BCUT2D eigenvalue weighted by atomic mass is 10.2. The molecule has 1 unspecified atom stereocenters. The summed E-state index contributed by atoms with van der Waals surface area (Å²) < 4.78 is 0. The first kappa shape index (κ1) is 6.56. The Labute approximate surface area is 47.7 Å². The van der Waals surface area contributed by atoms with Crippen LogP contribution in [0.3, 0.4) is 0 Å². The van der Waals surface area contributed by atoms with Crippen molar-refractivity contribution in [3.05, 3.63) is 0 Å². The molecular formula is C4H6NOS. The van der Waals surface area contributed by atoms with Gasteiger partial charge in [0.05, 0.1) is 5.92 Å². The molecule has 7 heavy (non-hydrogen) atoms. The van der Waals surface area contributed by atoms with Gasteiger partial charge in [0.25, 0.3) is 0 Å². The number of nitrogens with one attached hydrogen (secondary N) is 1. The molecule has 0 spiro atoms. The van der Waals surface area contributed by atoms with Gasteiger partial charge in [-0.2, -0.15) is 0 Å². The predicted molar refractivity (Wildman–Crippen MR) is 30.9 cm³/mol. The van der Waals surface area contributed by atoms with E-state index in [1.165, 1.54) is 0 Å². The largest absolute Gasteiger partial charge is 0.303 e. The lowest BCUT2D eigenvalue weighted by Gasteiger charge is -1.92. The minimum atomic E-state index is -0.380. The molecule has 0 aliphatic carbocycles. The fraction of sp³-hybridized carbons (Fsp3) is 0.500. The second-order valence-electron chi connectivity index (χ2n) is 1.29. The van der Waals surface area contributed by atoms with E-state index in [-0.39, 0.29) is 10.9 Å². The summed E-state index contributed by atoms with van der Waals surface area (Å²) in [6.07, 6.45) is 0.662. The Bertz CT molecular complexity index is 91.7. The normalized spacial score (nSPS) is 12.7. The van der Waals surface area contributed by atoms with Crippen molar-refractivity contribution >= 4 is 23.5 Å². The highest BCUT2D eigenvalue weighted by Crippen LogP contribution is 1.87. The van der Waals surface area contributed by atoms with Gasteiger partial charge in [-0.25, -0.2) is 0 Å². The molecule has 0 bridgehead atoms. The lowest BCUT2D eigenvalue weighted by molar-refractivity contribution is -0.109. The maximum absolute atomic E-state index is 9.74. The van der Waals surface area contributed by atoms with Crippen molar-refractivity contribution in [1.29, 1.82) is 0 Å². The summed E-state index contributed by atoms with van der Waals surface area (Å²) in [7, 11) is 0. The van der Waals surface area contributed by atoms with E-state index in [9.17, 15) is 4.79 Å². The topological polar surface area (TPSA) is 40.9 Å². The van der Waals surface area contributed by atoms with Crippen molar-refractivity contribution in [2.24, 2.45) is 5.92 Å². The van der Waals surface area contributed by atoms with Crippen LogP contribution in [0.15, 0.2) is 0 Å². The quantitative estimate of drug-likeness (QED) is 0.388. The minimum Gasteiger partial charge on any atom is -0.303 e. The van der Waals surface area contributed by atoms with Gasteiger partial charge < -0.3 is 4.79 Å². The summed E-state index contributed by atoms with van der Waals surface area (Å²) >= 11 is 4.35. The maximum atomic E-state index is 9.74. The number of hydrogen-bond acceptors (Lipinski definition) is 2. The Morgan fingerprint density at radius 3 is 2.43 bits per heavy atom. The molecule has 1 N–H and O–H groups in total. The molecule has 39 valence electrons. The molecule has 0 aromatic rings. The molecule has 0 amide bonds. The average molecular weight is 116 g/mol. The predicted octanol–water partition coefficient (Wildman–Crippen LogP) is 0.432. The summed E-state index contributed by atoms with van der Waals surface area (Å²) in [5.41, 5.74) is 6.68. The summed E-state index contributed by atoms with van der Waals surface area (Å²) in [6.45, 7) is 1.60. The fourth-order valence-electron chi connectivity index (χ4n) is 0.0618. The van der Waals surface area contributed by atoms with E-state index in [2.05, 4.69) is 12.2 Å². The van der Waals surface area contributed by atoms with Gasteiger partial charge in [-0.1, -0.05) is 12.2 Å². The number of rotatable bonds is 2. The Morgan fingerprint density at radius 2 is 2.43 bits per heavy atom. The molecule has 1 atom stereocenters. The third kappa shape index (κ3) is 2.28. The molecule has 0 aliphatic heterocycles. The zero-order valence-electron chi connectivity index (χ0n) is 3.97. The molecule has 1 radical (unpaired) electrons. The Kier molecular flexibility index (Phi) is 2.52. The van der Waals surface area contributed by atoms with Crippen LogP contribution in [-0.2, 0) is 4.79 Å². The van der Waals surface area contributed by atoms with Crippen molar-refractivity contribution < 1.29 is 4.79 Å². The average Bonchev–Trinajstić information content (AvgIpc) is 1.65. The van der Waals surface area contributed by atoms with E-state index < -0.39 is 0 Å². The zero-order valence-corrected chi connectivity index (χ0v) is 4.79. The monoisotopic (exact) mass is 116 g/mol. The molecule has 2 nitrogen and oxygen atoms in total. The van der Waals surface area contributed by atoms with Crippen LogP contribution >= 0.6 is 12.2 Å². The Morgan fingerprint density at radius 1 is 2.00 bits per heavy atom. The van der Waals surface area contributed by atoms with E-state index >= 15 is 0 Å². The first-order chi connectivity index (χ1) is 3.18. The van der Waals surface area contributed by atoms with Crippen LogP contribution in [-0.4, -0.2) is 11.3 Å². The number of thiocarbonyl (C=S) groups is 1. The van der Waals surface area contributed by atoms with Crippen LogP contribution < -0.4 is 5.73 Å². The highest BCUT2D eigenvalue weighted by molar-refractivity contribution is 7.80. The van der Waals surface area contributed by atoms with Crippen LogP contribution in [0.1, 0.15) is 6.92 Å². The van der Waals surface area contributed by atoms with Crippen molar-refractivity contribution in [2.75, 3.05) is 0 Å². The molecular weight excluding hydrogens is 110 g/mol. The van der Waals surface area contributed by atoms with Crippen LogP contribution in [0.4, 0.5) is 0 Å². The van der Waals surface area contributed by atoms with E-state index in [0.717, 1.165) is 0 Å². The molecule has 0 heterocycles. The molecule has 0 saturated carbocycles. The SMILES string of the molecule is CC(C=O)C([NH])=S. The fourth-order valence-corrected chi connectivity index (χ4v) is 0.117. The summed E-state index contributed by atoms with van der Waals surface area (Å²) in [5, 5.41) is 0.